The van der Waals surface area contributed by atoms with Crippen molar-refractivity contribution < 1.29 is 0 Å². The summed E-state index contributed by atoms with van der Waals surface area (Å²) in [5.74, 6) is 0. The first-order valence-electron chi connectivity index (χ1n) is 15.2. The zero-order valence-electron chi connectivity index (χ0n) is 25.3. The summed E-state index contributed by atoms with van der Waals surface area (Å²) in [7, 11) is 0. The van der Waals surface area contributed by atoms with Gasteiger partial charge in [-0.15, -0.1) is 0 Å². The van der Waals surface area contributed by atoms with Crippen LogP contribution in [0.25, 0.3) is 21.5 Å². The highest BCUT2D eigenvalue weighted by molar-refractivity contribution is 5.89. The Morgan fingerprint density at radius 1 is 0.513 bits per heavy atom. The van der Waals surface area contributed by atoms with E-state index in [0.717, 1.165) is 0 Å². The molecule has 0 saturated carbocycles. The molecule has 0 aromatic heterocycles. The average molecular weight is 521 g/mol. The maximum Gasteiger partial charge on any atom is 0.0109 e. The maximum absolute atomic E-state index is 2.70. The third-order valence-corrected chi connectivity index (χ3v) is 9.66. The van der Waals surface area contributed by atoms with E-state index in [4.69, 9.17) is 0 Å². The Hall–Kier alpha value is -2.68. The van der Waals surface area contributed by atoms with E-state index in [2.05, 4.69) is 99.9 Å². The second-order valence-electron chi connectivity index (χ2n) is 12.2. The second-order valence-corrected chi connectivity index (χ2v) is 12.2. The molecule has 0 aliphatic carbocycles. The van der Waals surface area contributed by atoms with Gasteiger partial charge < -0.3 is 9.80 Å². The van der Waals surface area contributed by atoms with E-state index in [9.17, 15) is 0 Å². The number of hydrogen-bond acceptors (Lipinski definition) is 2. The Balaban J connectivity index is 1.08. The van der Waals surface area contributed by atoms with Crippen LogP contribution >= 0.6 is 0 Å². The summed E-state index contributed by atoms with van der Waals surface area (Å²) in [4.78, 5) is 5.41. The maximum atomic E-state index is 2.70. The molecule has 1 aliphatic rings. The lowest BCUT2D eigenvalue weighted by molar-refractivity contribution is 0.253. The van der Waals surface area contributed by atoms with Crippen LogP contribution in [0, 0.1) is 41.5 Å². The highest BCUT2D eigenvalue weighted by Gasteiger charge is 2.15. The fourth-order valence-electron chi connectivity index (χ4n) is 6.58. The van der Waals surface area contributed by atoms with Gasteiger partial charge in [-0.1, -0.05) is 48.5 Å². The summed E-state index contributed by atoms with van der Waals surface area (Å²) < 4.78 is 0. The Morgan fingerprint density at radius 2 is 0.949 bits per heavy atom. The normalized spacial score (nSPS) is 15.3. The minimum Gasteiger partial charge on any atom is -0.302 e. The SMILES string of the molecule is Cc1cc2ccc(CCCN3CCCN(CCCc4ccc5cc(C)c(C)c(C)c5c4)CC3)cc2c(C)c1C. The minimum atomic E-state index is 1.17. The van der Waals surface area contributed by atoms with Crippen LogP contribution in [0.2, 0.25) is 0 Å². The summed E-state index contributed by atoms with van der Waals surface area (Å²) in [5, 5.41) is 5.64. The van der Waals surface area contributed by atoms with Crippen LogP contribution in [0.5, 0.6) is 0 Å². The predicted octanol–water partition coefficient (Wildman–Crippen LogP) is 8.42. The van der Waals surface area contributed by atoms with E-state index in [1.54, 1.807) is 0 Å². The van der Waals surface area contributed by atoms with Crippen LogP contribution < -0.4 is 0 Å². The van der Waals surface area contributed by atoms with Crippen molar-refractivity contribution in [3.8, 4) is 0 Å². The minimum absolute atomic E-state index is 1.17. The molecule has 1 aliphatic heterocycles. The van der Waals surface area contributed by atoms with Crippen molar-refractivity contribution in [1.29, 1.82) is 0 Å². The van der Waals surface area contributed by atoms with Gasteiger partial charge in [0.1, 0.15) is 0 Å². The van der Waals surface area contributed by atoms with Gasteiger partial charge in [0, 0.05) is 13.1 Å². The fraction of sp³-hybridized carbons (Fsp3) is 0.459. The standard InChI is InChI=1S/C37H48N2/c1-26-22-34-14-12-32(24-36(34)30(5)28(26)3)10-7-16-38-18-9-19-39(21-20-38)17-8-11-33-13-15-35-23-27(2)29(4)31(6)37(35)25-33/h12-15,22-25H,7-11,16-21H2,1-6H3. The Morgan fingerprint density at radius 3 is 1.38 bits per heavy atom. The highest BCUT2D eigenvalue weighted by atomic mass is 15.2. The van der Waals surface area contributed by atoms with Crippen LogP contribution in [0.4, 0.5) is 0 Å². The molecular formula is C37H48N2. The van der Waals surface area contributed by atoms with Crippen molar-refractivity contribution >= 4 is 21.5 Å². The molecule has 1 fully saturated rings. The molecule has 0 atom stereocenters. The van der Waals surface area contributed by atoms with E-state index < -0.39 is 0 Å². The number of benzene rings is 4. The molecular weight excluding hydrogens is 472 g/mol. The molecule has 206 valence electrons. The van der Waals surface area contributed by atoms with E-state index in [1.807, 2.05) is 0 Å². The number of nitrogens with zero attached hydrogens (tertiary/aromatic N) is 2. The number of hydrogen-bond donors (Lipinski definition) is 0. The largest absolute Gasteiger partial charge is 0.302 e. The first-order chi connectivity index (χ1) is 18.8. The van der Waals surface area contributed by atoms with Gasteiger partial charge in [-0.2, -0.15) is 0 Å². The molecule has 0 amide bonds. The molecule has 0 radical (unpaired) electrons. The van der Waals surface area contributed by atoms with E-state index in [-0.39, 0.29) is 0 Å². The van der Waals surface area contributed by atoms with E-state index >= 15 is 0 Å². The molecule has 0 N–H and O–H groups in total. The van der Waals surface area contributed by atoms with Crippen molar-refractivity contribution in [3.05, 3.63) is 93.0 Å². The smallest absolute Gasteiger partial charge is 0.0109 e. The Bertz CT molecular complexity index is 1350. The molecule has 4 aromatic rings. The fourth-order valence-corrected chi connectivity index (χ4v) is 6.58. The van der Waals surface area contributed by atoms with Gasteiger partial charge in [0.2, 0.25) is 0 Å². The van der Waals surface area contributed by atoms with Crippen molar-refractivity contribution in [1.82, 2.24) is 9.80 Å². The van der Waals surface area contributed by atoms with Crippen molar-refractivity contribution in [2.24, 2.45) is 0 Å². The monoisotopic (exact) mass is 520 g/mol. The van der Waals surface area contributed by atoms with Crippen LogP contribution in [-0.4, -0.2) is 49.1 Å². The van der Waals surface area contributed by atoms with Gasteiger partial charge in [-0.05, 0) is 166 Å². The predicted molar refractivity (Wildman–Crippen MR) is 170 cm³/mol. The van der Waals surface area contributed by atoms with Gasteiger partial charge in [0.05, 0.1) is 0 Å². The third-order valence-electron chi connectivity index (χ3n) is 9.66. The Kier molecular flexibility index (Phi) is 8.74. The molecule has 2 nitrogen and oxygen atoms in total. The van der Waals surface area contributed by atoms with Crippen molar-refractivity contribution in [3.63, 3.8) is 0 Å². The molecule has 2 heteroatoms. The Labute approximate surface area is 237 Å². The quantitative estimate of drug-likeness (QED) is 0.230. The lowest BCUT2D eigenvalue weighted by atomic mass is 9.94. The molecule has 4 aromatic carbocycles. The lowest BCUT2D eigenvalue weighted by Gasteiger charge is -2.22. The van der Waals surface area contributed by atoms with Gasteiger partial charge in [0.15, 0.2) is 0 Å². The summed E-state index contributed by atoms with van der Waals surface area (Å²) in [5.41, 5.74) is 11.5. The number of rotatable bonds is 8. The van der Waals surface area contributed by atoms with Gasteiger partial charge in [-0.25, -0.2) is 0 Å². The number of aryl methyl sites for hydroxylation is 6. The lowest BCUT2D eigenvalue weighted by Crippen LogP contribution is -2.32. The van der Waals surface area contributed by atoms with Gasteiger partial charge >= 0.3 is 0 Å². The summed E-state index contributed by atoms with van der Waals surface area (Å²) in [6.45, 7) is 20.9. The topological polar surface area (TPSA) is 6.48 Å². The molecule has 1 saturated heterocycles. The molecule has 0 unspecified atom stereocenters. The van der Waals surface area contributed by atoms with Crippen LogP contribution in [0.15, 0.2) is 48.5 Å². The van der Waals surface area contributed by atoms with Gasteiger partial charge in [0.25, 0.3) is 0 Å². The summed E-state index contributed by atoms with van der Waals surface area (Å²) >= 11 is 0. The highest BCUT2D eigenvalue weighted by Crippen LogP contribution is 2.27. The third kappa shape index (κ3) is 6.39. The molecule has 5 rings (SSSR count). The molecule has 39 heavy (non-hydrogen) atoms. The molecule has 0 bridgehead atoms. The number of fused-ring (bicyclic) bond motifs is 2. The van der Waals surface area contributed by atoms with Crippen LogP contribution in [0.1, 0.15) is 63.8 Å². The molecule has 0 spiro atoms. The van der Waals surface area contributed by atoms with Crippen molar-refractivity contribution in [2.75, 3.05) is 39.3 Å². The van der Waals surface area contributed by atoms with Crippen LogP contribution in [0.3, 0.4) is 0 Å². The zero-order chi connectivity index (χ0) is 27.5. The zero-order valence-corrected chi connectivity index (χ0v) is 25.3. The summed E-state index contributed by atoms with van der Waals surface area (Å²) in [6.07, 6.45) is 6.13. The average Bonchev–Trinajstić information content (AvgIpc) is 3.16. The molecule has 1 heterocycles. The van der Waals surface area contributed by atoms with Crippen molar-refractivity contribution in [2.45, 2.75) is 73.6 Å². The summed E-state index contributed by atoms with van der Waals surface area (Å²) in [6, 6.07) is 18.9. The van der Waals surface area contributed by atoms with Crippen LogP contribution in [-0.2, 0) is 12.8 Å². The first kappa shape index (κ1) is 27.9. The van der Waals surface area contributed by atoms with Gasteiger partial charge in [-0.3, -0.25) is 0 Å². The van der Waals surface area contributed by atoms with E-state index in [1.165, 1.54) is 137 Å². The second kappa shape index (κ2) is 12.2. The van der Waals surface area contributed by atoms with E-state index in [0.29, 0.717) is 0 Å². The first-order valence-corrected chi connectivity index (χ1v) is 15.2.